The average Bonchev–Trinajstić information content (AvgIpc) is 3.43. The summed E-state index contributed by atoms with van der Waals surface area (Å²) in [6, 6.07) is 12.4. The van der Waals surface area contributed by atoms with Gasteiger partial charge in [-0.05, 0) is 29.8 Å². The Hall–Kier alpha value is -4.05. The number of benzene rings is 2. The third-order valence-corrected chi connectivity index (χ3v) is 4.99. The summed E-state index contributed by atoms with van der Waals surface area (Å²) in [5.74, 6) is -0.266. The van der Waals surface area contributed by atoms with Crippen molar-refractivity contribution in [2.75, 3.05) is 0 Å². The quantitative estimate of drug-likeness (QED) is 0.415. The van der Waals surface area contributed by atoms with Gasteiger partial charge in [0.2, 0.25) is 0 Å². The molecule has 3 aromatic rings. The van der Waals surface area contributed by atoms with E-state index in [9.17, 15) is 25.0 Å². The molecule has 1 amide bonds. The standard InChI is InChI=1S/C20H13ClN4O6/c21-14-5-3-12(4-6-14)17-11-18(19-2-1-7-31-19)23(22-17)20(26)13-8-15(24(27)28)10-16(9-13)25(29)30/h1-10,18H,11H2/t18-/m1/s1. The van der Waals surface area contributed by atoms with Gasteiger partial charge in [0.1, 0.15) is 11.8 Å². The van der Waals surface area contributed by atoms with E-state index in [-0.39, 0.29) is 5.56 Å². The minimum atomic E-state index is -0.791. The molecule has 0 unspecified atom stereocenters. The summed E-state index contributed by atoms with van der Waals surface area (Å²) in [5.41, 5.74) is -0.0346. The molecule has 0 N–H and O–H groups in total. The first-order valence-corrected chi connectivity index (χ1v) is 9.35. The zero-order valence-electron chi connectivity index (χ0n) is 15.7. The van der Waals surface area contributed by atoms with Crippen LogP contribution in [-0.4, -0.2) is 26.5 Å². The lowest BCUT2D eigenvalue weighted by Gasteiger charge is -2.19. The lowest BCUT2D eigenvalue weighted by molar-refractivity contribution is -0.394. The highest BCUT2D eigenvalue weighted by atomic mass is 35.5. The van der Waals surface area contributed by atoms with E-state index in [0.29, 0.717) is 22.9 Å². The van der Waals surface area contributed by atoms with Crippen LogP contribution in [0, 0.1) is 20.2 Å². The van der Waals surface area contributed by atoms with Crippen molar-refractivity contribution in [3.63, 3.8) is 0 Å². The van der Waals surface area contributed by atoms with E-state index in [1.54, 1.807) is 36.4 Å². The van der Waals surface area contributed by atoms with Crippen molar-refractivity contribution in [1.29, 1.82) is 0 Å². The molecule has 0 aliphatic carbocycles. The summed E-state index contributed by atoms with van der Waals surface area (Å²) >= 11 is 5.94. The molecule has 0 radical (unpaired) electrons. The first-order chi connectivity index (χ1) is 14.8. The van der Waals surface area contributed by atoms with Crippen molar-refractivity contribution in [1.82, 2.24) is 5.01 Å². The minimum absolute atomic E-state index is 0.224. The summed E-state index contributed by atoms with van der Waals surface area (Å²) in [6.07, 6.45) is 1.77. The van der Waals surface area contributed by atoms with Gasteiger partial charge in [0.05, 0.1) is 33.5 Å². The highest BCUT2D eigenvalue weighted by Crippen LogP contribution is 2.35. The number of non-ortho nitro benzene ring substituents is 2. The van der Waals surface area contributed by atoms with Crippen LogP contribution in [0.25, 0.3) is 0 Å². The van der Waals surface area contributed by atoms with Crippen LogP contribution in [0.5, 0.6) is 0 Å². The number of amides is 1. The maximum absolute atomic E-state index is 13.2. The first-order valence-electron chi connectivity index (χ1n) is 8.98. The van der Waals surface area contributed by atoms with Gasteiger partial charge in [-0.1, -0.05) is 23.7 Å². The van der Waals surface area contributed by atoms with Gasteiger partial charge in [0.15, 0.2) is 0 Å². The molecule has 0 spiro atoms. The van der Waals surface area contributed by atoms with E-state index in [2.05, 4.69) is 5.10 Å². The van der Waals surface area contributed by atoms with Crippen molar-refractivity contribution in [2.45, 2.75) is 12.5 Å². The summed E-state index contributed by atoms with van der Waals surface area (Å²) in [5, 5.41) is 28.5. The molecule has 0 saturated carbocycles. The second-order valence-corrected chi connectivity index (χ2v) is 7.13. The van der Waals surface area contributed by atoms with E-state index in [1.807, 2.05) is 0 Å². The summed E-state index contributed by atoms with van der Waals surface area (Å²) in [6.45, 7) is 0. The van der Waals surface area contributed by atoms with Gasteiger partial charge in [-0.15, -0.1) is 0 Å². The lowest BCUT2D eigenvalue weighted by atomic mass is 10.0. The predicted octanol–water partition coefficient (Wildman–Crippen LogP) is 4.74. The largest absolute Gasteiger partial charge is 0.467 e. The lowest BCUT2D eigenvalue weighted by Crippen LogP contribution is -2.27. The van der Waals surface area contributed by atoms with E-state index in [1.165, 1.54) is 6.26 Å². The van der Waals surface area contributed by atoms with Crippen molar-refractivity contribution in [2.24, 2.45) is 5.10 Å². The van der Waals surface area contributed by atoms with Crippen LogP contribution in [0.15, 0.2) is 70.4 Å². The van der Waals surface area contributed by atoms with Crippen LogP contribution in [-0.2, 0) is 0 Å². The van der Waals surface area contributed by atoms with Gasteiger partial charge in [-0.2, -0.15) is 5.10 Å². The first kappa shape index (κ1) is 20.2. The summed E-state index contributed by atoms with van der Waals surface area (Å²) < 4.78 is 5.46. The van der Waals surface area contributed by atoms with Gasteiger partial charge in [-0.25, -0.2) is 5.01 Å². The molecular formula is C20H13ClN4O6. The zero-order chi connectivity index (χ0) is 22.1. The number of nitrogens with zero attached hydrogens (tertiary/aromatic N) is 4. The summed E-state index contributed by atoms with van der Waals surface area (Å²) in [4.78, 5) is 34.0. The minimum Gasteiger partial charge on any atom is -0.467 e. The molecule has 0 fully saturated rings. The van der Waals surface area contributed by atoms with Crippen molar-refractivity contribution < 1.29 is 19.1 Å². The Labute approximate surface area is 179 Å². The topological polar surface area (TPSA) is 132 Å². The van der Waals surface area contributed by atoms with E-state index in [0.717, 1.165) is 28.8 Å². The van der Waals surface area contributed by atoms with Crippen molar-refractivity contribution >= 4 is 34.6 Å². The Kier molecular flexibility index (Phi) is 5.22. The number of rotatable bonds is 5. The molecule has 31 heavy (non-hydrogen) atoms. The average molecular weight is 441 g/mol. The molecule has 10 nitrogen and oxygen atoms in total. The fourth-order valence-corrected chi connectivity index (χ4v) is 3.40. The van der Waals surface area contributed by atoms with Crippen molar-refractivity contribution in [3.8, 4) is 0 Å². The molecule has 1 aromatic heterocycles. The van der Waals surface area contributed by atoms with Crippen LogP contribution in [0.4, 0.5) is 11.4 Å². The molecule has 2 aromatic carbocycles. The molecule has 156 valence electrons. The Morgan fingerprint density at radius 1 is 1.06 bits per heavy atom. The highest BCUT2D eigenvalue weighted by molar-refractivity contribution is 6.30. The molecule has 1 aliphatic rings. The number of nitro benzene ring substituents is 2. The third-order valence-electron chi connectivity index (χ3n) is 4.74. The van der Waals surface area contributed by atoms with Crippen LogP contribution in [0.2, 0.25) is 5.02 Å². The number of carbonyl (C=O) groups excluding carboxylic acids is 1. The van der Waals surface area contributed by atoms with Crippen LogP contribution >= 0.6 is 11.6 Å². The Bertz CT molecular complexity index is 1170. The van der Waals surface area contributed by atoms with Crippen LogP contribution in [0.3, 0.4) is 0 Å². The fourth-order valence-electron chi connectivity index (χ4n) is 3.28. The van der Waals surface area contributed by atoms with Gasteiger partial charge < -0.3 is 4.42 Å². The maximum atomic E-state index is 13.2. The number of nitro groups is 2. The van der Waals surface area contributed by atoms with Gasteiger partial charge in [0.25, 0.3) is 17.3 Å². The van der Waals surface area contributed by atoms with Crippen LogP contribution in [0.1, 0.15) is 34.1 Å². The second-order valence-electron chi connectivity index (χ2n) is 6.69. The van der Waals surface area contributed by atoms with E-state index >= 15 is 0 Å². The molecule has 0 saturated heterocycles. The number of carbonyl (C=O) groups is 1. The van der Waals surface area contributed by atoms with Crippen LogP contribution < -0.4 is 0 Å². The van der Waals surface area contributed by atoms with Gasteiger partial charge in [-0.3, -0.25) is 25.0 Å². The summed E-state index contributed by atoms with van der Waals surface area (Å²) in [7, 11) is 0. The number of furan rings is 1. The Morgan fingerprint density at radius 3 is 2.26 bits per heavy atom. The van der Waals surface area contributed by atoms with Crippen molar-refractivity contribution in [3.05, 3.63) is 103 Å². The predicted molar refractivity (Wildman–Crippen MR) is 110 cm³/mol. The number of hydrazone groups is 1. The van der Waals surface area contributed by atoms with Gasteiger partial charge in [0, 0.05) is 23.6 Å². The third kappa shape index (κ3) is 4.01. The normalized spacial score (nSPS) is 15.6. The number of hydrogen-bond acceptors (Lipinski definition) is 7. The Morgan fingerprint density at radius 2 is 1.71 bits per heavy atom. The molecule has 1 aliphatic heterocycles. The van der Waals surface area contributed by atoms with E-state index < -0.39 is 33.2 Å². The molecule has 11 heteroatoms. The molecule has 2 heterocycles. The maximum Gasteiger partial charge on any atom is 0.277 e. The van der Waals surface area contributed by atoms with E-state index in [4.69, 9.17) is 16.0 Å². The zero-order valence-corrected chi connectivity index (χ0v) is 16.4. The SMILES string of the molecule is O=C(c1cc([N+](=O)[O-])cc([N+](=O)[O-])c1)N1N=C(c2ccc(Cl)cc2)C[C@@H]1c1ccco1. The molecule has 1 atom stereocenters. The molecular weight excluding hydrogens is 428 g/mol. The fraction of sp³-hybridized carbons (Fsp3) is 0.100. The molecule has 4 rings (SSSR count). The number of halogens is 1. The Balaban J connectivity index is 1.77. The highest BCUT2D eigenvalue weighted by Gasteiger charge is 2.36. The second kappa shape index (κ2) is 8.00. The smallest absolute Gasteiger partial charge is 0.277 e. The molecule has 0 bridgehead atoms. The number of hydrogen-bond donors (Lipinski definition) is 0. The monoisotopic (exact) mass is 440 g/mol. The van der Waals surface area contributed by atoms with Gasteiger partial charge >= 0.3 is 0 Å².